The van der Waals surface area contributed by atoms with Crippen molar-refractivity contribution < 1.29 is 44.3 Å². The summed E-state index contributed by atoms with van der Waals surface area (Å²) < 4.78 is 4.57. The number of carbonyl (C=O) groups excluding carboxylic acids is 1. The Labute approximate surface area is 136 Å². The molecule has 23 heavy (non-hydrogen) atoms. The number of thioether (sulfide) groups is 1. The zero-order chi connectivity index (χ0) is 18.0. The zero-order valence-electron chi connectivity index (χ0n) is 12.6. The molecule has 0 heterocycles. The lowest BCUT2D eigenvalue weighted by molar-refractivity contribution is -0.187. The highest BCUT2D eigenvalue weighted by atomic mass is 32.2. The highest BCUT2D eigenvalue weighted by Gasteiger charge is 2.47. The summed E-state index contributed by atoms with van der Waals surface area (Å²) in [7, 11) is 0. The third-order valence-corrected chi connectivity index (χ3v) is 3.94. The molecule has 0 spiro atoms. The number of rotatable bonds is 12. The molecule has 0 aliphatic carbocycles. The summed E-state index contributed by atoms with van der Waals surface area (Å²) in [5.41, 5.74) is -3.10. The van der Waals surface area contributed by atoms with Crippen LogP contribution in [0.5, 0.6) is 0 Å². The van der Waals surface area contributed by atoms with Gasteiger partial charge in [-0.15, -0.1) is 0 Å². The van der Waals surface area contributed by atoms with E-state index < -0.39 is 48.4 Å². The fourth-order valence-corrected chi connectivity index (χ4v) is 2.49. The number of esters is 1. The van der Waals surface area contributed by atoms with Crippen molar-refractivity contribution in [3.63, 3.8) is 0 Å². The van der Waals surface area contributed by atoms with Gasteiger partial charge in [0.2, 0.25) is 6.10 Å². The van der Waals surface area contributed by atoms with Crippen LogP contribution in [0.3, 0.4) is 0 Å². The highest BCUT2D eigenvalue weighted by Crippen LogP contribution is 2.18. The molecule has 9 nitrogen and oxygen atoms in total. The van der Waals surface area contributed by atoms with Crippen LogP contribution >= 0.6 is 11.8 Å². The fraction of sp³-hybridized carbons (Fsp3) is 0.692. The number of carbonyl (C=O) groups is 4. The van der Waals surface area contributed by atoms with E-state index in [0.717, 1.165) is 12.8 Å². The van der Waals surface area contributed by atoms with E-state index in [-0.39, 0.29) is 5.75 Å². The zero-order valence-corrected chi connectivity index (χ0v) is 13.4. The van der Waals surface area contributed by atoms with E-state index in [1.165, 1.54) is 11.8 Å². The molecular formula is C13H20O9S. The Balaban J connectivity index is 4.86. The third kappa shape index (κ3) is 7.33. The summed E-state index contributed by atoms with van der Waals surface area (Å²) in [6.07, 6.45) is -1.60. The van der Waals surface area contributed by atoms with E-state index in [1.807, 2.05) is 6.92 Å². The van der Waals surface area contributed by atoms with Crippen LogP contribution in [0.2, 0.25) is 0 Å². The van der Waals surface area contributed by atoms with Gasteiger partial charge in [-0.3, -0.25) is 4.79 Å². The molecule has 0 saturated carbocycles. The molecule has 2 atom stereocenters. The molecule has 0 radical (unpaired) electrons. The number of ether oxygens (including phenoxy) is 1. The first kappa shape index (κ1) is 21.2. The number of hydrogen-bond donors (Lipinski definition) is 4. The van der Waals surface area contributed by atoms with Crippen molar-refractivity contribution in [3.05, 3.63) is 0 Å². The first-order chi connectivity index (χ1) is 10.6. The Morgan fingerprint density at radius 3 is 2.22 bits per heavy atom. The third-order valence-electron chi connectivity index (χ3n) is 2.83. The van der Waals surface area contributed by atoms with Crippen molar-refractivity contribution in [1.29, 1.82) is 0 Å². The van der Waals surface area contributed by atoms with Gasteiger partial charge in [-0.25, -0.2) is 14.4 Å². The molecule has 0 bridgehead atoms. The molecule has 0 aromatic heterocycles. The molecule has 4 N–H and O–H groups in total. The van der Waals surface area contributed by atoms with Crippen LogP contribution < -0.4 is 0 Å². The average molecular weight is 352 g/mol. The molecule has 0 rings (SSSR count). The quantitative estimate of drug-likeness (QED) is 0.217. The average Bonchev–Trinajstić information content (AvgIpc) is 2.46. The highest BCUT2D eigenvalue weighted by molar-refractivity contribution is 7.99. The maximum Gasteiger partial charge on any atom is 0.350 e. The molecule has 0 aromatic rings. The number of unbranched alkanes of at least 4 members (excludes halogenated alkanes) is 1. The molecule has 0 saturated heterocycles. The van der Waals surface area contributed by atoms with Gasteiger partial charge in [0.25, 0.3) is 5.60 Å². The summed E-state index contributed by atoms with van der Waals surface area (Å²) in [6.45, 7) is 1.95. The lowest BCUT2D eigenvalue weighted by Crippen LogP contribution is -2.50. The Morgan fingerprint density at radius 2 is 1.78 bits per heavy atom. The number of aliphatic hydroxyl groups is 1. The monoisotopic (exact) mass is 352 g/mol. The molecular weight excluding hydrogens is 332 g/mol. The van der Waals surface area contributed by atoms with Crippen molar-refractivity contribution in [2.24, 2.45) is 0 Å². The number of carboxylic acid groups (broad SMARTS) is 3. The van der Waals surface area contributed by atoms with Crippen molar-refractivity contribution in [2.75, 3.05) is 11.5 Å². The van der Waals surface area contributed by atoms with Crippen molar-refractivity contribution >= 4 is 35.6 Å². The van der Waals surface area contributed by atoms with Gasteiger partial charge in [0.05, 0.1) is 0 Å². The van der Waals surface area contributed by atoms with Gasteiger partial charge in [0, 0.05) is 18.6 Å². The van der Waals surface area contributed by atoms with E-state index in [2.05, 4.69) is 4.74 Å². The molecule has 0 aromatic carbocycles. The van der Waals surface area contributed by atoms with Gasteiger partial charge < -0.3 is 25.2 Å². The predicted molar refractivity (Wildman–Crippen MR) is 79.2 cm³/mol. The van der Waals surface area contributed by atoms with Gasteiger partial charge in [0.15, 0.2) is 0 Å². The van der Waals surface area contributed by atoms with E-state index >= 15 is 0 Å². The minimum absolute atomic E-state index is 0.101. The standard InChI is InChI=1S/C13H20O9S/c1-2-3-6-23-7-8(10(16)17)22-12(20)13(21,11(18)19)5-4-9(14)15/h8,21H,2-7H2,1H3,(H,14,15)(H,16,17)(H,18,19). The fourth-order valence-electron chi connectivity index (χ4n) is 1.40. The molecule has 2 unspecified atom stereocenters. The smallest absolute Gasteiger partial charge is 0.350 e. The molecule has 0 amide bonds. The lowest BCUT2D eigenvalue weighted by Gasteiger charge is -2.23. The van der Waals surface area contributed by atoms with Crippen LogP contribution in [0.25, 0.3) is 0 Å². The van der Waals surface area contributed by atoms with Crippen molar-refractivity contribution in [1.82, 2.24) is 0 Å². The number of carboxylic acids is 3. The first-order valence-electron chi connectivity index (χ1n) is 6.84. The maximum absolute atomic E-state index is 11.8. The van der Waals surface area contributed by atoms with Crippen molar-refractivity contribution in [2.45, 2.75) is 44.3 Å². The van der Waals surface area contributed by atoms with Gasteiger partial charge >= 0.3 is 23.9 Å². The summed E-state index contributed by atoms with van der Waals surface area (Å²) in [5.74, 6) is -6.03. The van der Waals surface area contributed by atoms with Crippen LogP contribution in [0.15, 0.2) is 0 Å². The van der Waals surface area contributed by atoms with E-state index in [9.17, 15) is 24.3 Å². The Kier molecular flexibility index (Phi) is 9.27. The minimum atomic E-state index is -3.10. The normalized spacial score (nSPS) is 14.5. The van der Waals surface area contributed by atoms with E-state index in [0.29, 0.717) is 5.75 Å². The predicted octanol–water partition coefficient (Wildman–Crippen LogP) is 0.197. The number of hydrogen-bond acceptors (Lipinski definition) is 7. The topological polar surface area (TPSA) is 158 Å². The SMILES string of the molecule is CCCCSCC(OC(=O)C(O)(CCC(=O)O)C(=O)O)C(=O)O. The van der Waals surface area contributed by atoms with Crippen molar-refractivity contribution in [3.8, 4) is 0 Å². The first-order valence-corrected chi connectivity index (χ1v) is 7.99. The second-order valence-electron chi connectivity index (χ2n) is 4.72. The lowest BCUT2D eigenvalue weighted by atomic mass is 9.98. The van der Waals surface area contributed by atoms with Crippen LogP contribution in [0.4, 0.5) is 0 Å². The molecule has 132 valence electrons. The Morgan fingerprint density at radius 1 is 1.17 bits per heavy atom. The van der Waals surface area contributed by atoms with Crippen LogP contribution in [-0.4, -0.2) is 67.5 Å². The summed E-state index contributed by atoms with van der Waals surface area (Å²) in [6, 6.07) is 0. The molecule has 0 fully saturated rings. The Bertz CT molecular complexity index is 451. The van der Waals surface area contributed by atoms with Gasteiger partial charge in [-0.1, -0.05) is 13.3 Å². The van der Waals surface area contributed by atoms with Gasteiger partial charge in [0.1, 0.15) is 0 Å². The molecule has 0 aliphatic heterocycles. The maximum atomic E-state index is 11.8. The minimum Gasteiger partial charge on any atom is -0.481 e. The van der Waals surface area contributed by atoms with Gasteiger partial charge in [-0.2, -0.15) is 11.8 Å². The number of aliphatic carboxylic acids is 3. The van der Waals surface area contributed by atoms with E-state index in [4.69, 9.17) is 15.3 Å². The Hall–Kier alpha value is -1.81. The van der Waals surface area contributed by atoms with E-state index in [1.54, 1.807) is 0 Å². The second-order valence-corrected chi connectivity index (χ2v) is 5.87. The molecule has 10 heteroatoms. The van der Waals surface area contributed by atoms with Crippen LogP contribution in [0.1, 0.15) is 32.6 Å². The summed E-state index contributed by atoms with van der Waals surface area (Å²) >= 11 is 1.21. The second kappa shape index (κ2) is 10.1. The summed E-state index contributed by atoms with van der Waals surface area (Å²) in [5, 5.41) is 36.2. The summed E-state index contributed by atoms with van der Waals surface area (Å²) in [4.78, 5) is 44.4. The van der Waals surface area contributed by atoms with Crippen LogP contribution in [-0.2, 0) is 23.9 Å². The largest absolute Gasteiger partial charge is 0.481 e. The molecule has 0 aliphatic rings. The van der Waals surface area contributed by atoms with Gasteiger partial charge in [-0.05, 0) is 12.2 Å². The van der Waals surface area contributed by atoms with Crippen LogP contribution in [0, 0.1) is 0 Å².